The smallest absolute Gasteiger partial charge is 0.244 e. The number of carbonyl (C=O) groups is 1. The number of anilines is 1. The maximum absolute atomic E-state index is 11.8. The van der Waals surface area contributed by atoms with Crippen molar-refractivity contribution >= 4 is 21.6 Å². The van der Waals surface area contributed by atoms with Gasteiger partial charge in [-0.3, -0.25) is 14.3 Å². The number of hydrogen-bond donors (Lipinski definition) is 2. The van der Waals surface area contributed by atoms with Crippen LogP contribution in [0.25, 0.3) is 0 Å². The lowest BCUT2D eigenvalue weighted by molar-refractivity contribution is -0.128. The largest absolute Gasteiger partial charge is 0.289 e. The highest BCUT2D eigenvalue weighted by Gasteiger charge is 2.19. The highest BCUT2D eigenvalue weighted by molar-refractivity contribution is 7.92. The van der Waals surface area contributed by atoms with Crippen LogP contribution in [0.2, 0.25) is 0 Å². The van der Waals surface area contributed by atoms with Crippen LogP contribution in [0, 0.1) is 0 Å². The Bertz CT molecular complexity index is 472. The monoisotopic (exact) mass is 258 g/mol. The van der Waals surface area contributed by atoms with Gasteiger partial charge in [0.1, 0.15) is 0 Å². The highest BCUT2D eigenvalue weighted by Crippen LogP contribution is 2.15. The van der Waals surface area contributed by atoms with Gasteiger partial charge >= 0.3 is 0 Å². The lowest BCUT2D eigenvalue weighted by Gasteiger charge is -2.18. The molecule has 1 aromatic carbocycles. The molecule has 7 heteroatoms. The van der Waals surface area contributed by atoms with Gasteiger partial charge in [-0.1, -0.05) is 18.2 Å². The summed E-state index contributed by atoms with van der Waals surface area (Å²) in [6.07, 6.45) is -0.282. The molecule has 94 valence electrons. The number of benzene rings is 1. The number of carbonyl (C=O) groups excluding carboxylic acids is 1. The molecule has 1 aromatic rings. The van der Waals surface area contributed by atoms with E-state index in [9.17, 15) is 13.2 Å². The van der Waals surface area contributed by atoms with Gasteiger partial charge in [-0.2, -0.15) is 0 Å². The third-order valence-electron chi connectivity index (χ3n) is 2.25. The first-order valence-electron chi connectivity index (χ1n) is 4.92. The predicted molar refractivity (Wildman–Crippen MR) is 63.2 cm³/mol. The van der Waals surface area contributed by atoms with Crippen molar-refractivity contribution in [1.82, 2.24) is 5.48 Å². The Kier molecular flexibility index (Phi) is 4.47. The molecule has 0 aliphatic carbocycles. The Labute approximate surface area is 99.9 Å². The van der Waals surface area contributed by atoms with Crippen LogP contribution in [-0.4, -0.2) is 32.3 Å². The maximum Gasteiger partial charge on any atom is 0.244 e. The average molecular weight is 258 g/mol. The number of rotatable bonds is 5. The minimum absolute atomic E-state index is 0.282. The first-order valence-corrected chi connectivity index (χ1v) is 6.53. The summed E-state index contributed by atoms with van der Waals surface area (Å²) in [5.74, 6) is -1.08. The fourth-order valence-corrected chi connectivity index (χ4v) is 2.37. The van der Waals surface area contributed by atoms with E-state index in [1.807, 2.05) is 0 Å². The van der Waals surface area contributed by atoms with Crippen LogP contribution >= 0.6 is 0 Å². The Morgan fingerprint density at radius 2 is 1.94 bits per heavy atom. The van der Waals surface area contributed by atoms with Crippen molar-refractivity contribution in [2.24, 2.45) is 0 Å². The Hall–Kier alpha value is -1.60. The fraction of sp³-hybridized carbons (Fsp3) is 0.300. The van der Waals surface area contributed by atoms with E-state index in [-0.39, 0.29) is 12.2 Å². The Balaban J connectivity index is 2.74. The molecule has 17 heavy (non-hydrogen) atoms. The van der Waals surface area contributed by atoms with Gasteiger partial charge in [0.25, 0.3) is 0 Å². The Morgan fingerprint density at radius 1 is 1.35 bits per heavy atom. The van der Waals surface area contributed by atoms with Crippen LogP contribution in [0.1, 0.15) is 6.42 Å². The summed E-state index contributed by atoms with van der Waals surface area (Å²) in [5, 5.41) is 8.28. The van der Waals surface area contributed by atoms with Crippen molar-refractivity contribution in [2.45, 2.75) is 6.42 Å². The molecule has 0 aliphatic heterocycles. The van der Waals surface area contributed by atoms with Crippen LogP contribution in [-0.2, 0) is 14.8 Å². The maximum atomic E-state index is 11.8. The van der Waals surface area contributed by atoms with Crippen LogP contribution in [0.4, 0.5) is 5.69 Å². The van der Waals surface area contributed by atoms with Crippen molar-refractivity contribution in [1.29, 1.82) is 0 Å². The lowest BCUT2D eigenvalue weighted by Crippen LogP contribution is -2.31. The molecular weight excluding hydrogens is 244 g/mol. The lowest BCUT2D eigenvalue weighted by atomic mass is 10.3. The topological polar surface area (TPSA) is 86.7 Å². The fourth-order valence-electron chi connectivity index (χ4n) is 1.21. The number of nitrogens with one attached hydrogen (secondary N) is 1. The van der Waals surface area contributed by atoms with E-state index in [2.05, 4.69) is 0 Å². The highest BCUT2D eigenvalue weighted by atomic mass is 32.2. The molecule has 2 N–H and O–H groups in total. The molecule has 0 unspecified atom stereocenters. The summed E-state index contributed by atoms with van der Waals surface area (Å²) in [4.78, 5) is 10.8. The summed E-state index contributed by atoms with van der Waals surface area (Å²) in [7, 11) is -2.14. The van der Waals surface area contributed by atoms with E-state index in [0.29, 0.717) is 5.69 Å². The number of hydroxylamine groups is 1. The minimum Gasteiger partial charge on any atom is -0.289 e. The molecule has 1 rings (SSSR count). The van der Waals surface area contributed by atoms with Crippen LogP contribution in [0.5, 0.6) is 0 Å². The number of sulfonamides is 1. The molecule has 0 spiro atoms. The van der Waals surface area contributed by atoms with Crippen molar-refractivity contribution in [3.05, 3.63) is 30.3 Å². The number of nitrogens with zero attached hydrogens (tertiary/aromatic N) is 1. The first-order chi connectivity index (χ1) is 7.97. The summed E-state index contributed by atoms with van der Waals surface area (Å²) in [6, 6.07) is 8.54. The quantitative estimate of drug-likeness (QED) is 0.589. The van der Waals surface area contributed by atoms with Crippen molar-refractivity contribution in [2.75, 3.05) is 17.1 Å². The SMILES string of the molecule is CN(c1ccccc1)S(=O)(=O)CCC(=O)NO. The molecule has 0 fully saturated rings. The van der Waals surface area contributed by atoms with Crippen molar-refractivity contribution < 1.29 is 18.4 Å². The molecule has 0 heterocycles. The number of hydrogen-bond acceptors (Lipinski definition) is 4. The third-order valence-corrected chi connectivity index (χ3v) is 4.01. The van der Waals surface area contributed by atoms with E-state index < -0.39 is 15.9 Å². The van der Waals surface area contributed by atoms with E-state index >= 15 is 0 Å². The minimum atomic E-state index is -3.56. The van der Waals surface area contributed by atoms with E-state index in [1.54, 1.807) is 30.3 Å². The molecule has 0 saturated carbocycles. The number of amides is 1. The van der Waals surface area contributed by atoms with Gasteiger partial charge in [0, 0.05) is 13.5 Å². The van der Waals surface area contributed by atoms with E-state index in [0.717, 1.165) is 4.31 Å². The summed E-state index contributed by atoms with van der Waals surface area (Å²) < 4.78 is 24.7. The Morgan fingerprint density at radius 3 is 2.47 bits per heavy atom. The molecule has 1 amide bonds. The second-order valence-electron chi connectivity index (χ2n) is 3.40. The van der Waals surface area contributed by atoms with Crippen LogP contribution in [0.3, 0.4) is 0 Å². The predicted octanol–water partition coefficient (Wildman–Crippen LogP) is 0.348. The average Bonchev–Trinajstić information content (AvgIpc) is 2.36. The zero-order valence-corrected chi connectivity index (χ0v) is 10.1. The standard InChI is InChI=1S/C10H14N2O4S/c1-12(9-5-3-2-4-6-9)17(15,16)8-7-10(13)11-14/h2-6,14H,7-8H2,1H3,(H,11,13). The van der Waals surface area contributed by atoms with Gasteiger partial charge in [-0.25, -0.2) is 13.9 Å². The van der Waals surface area contributed by atoms with Crippen molar-refractivity contribution in [3.63, 3.8) is 0 Å². The summed E-state index contributed by atoms with van der Waals surface area (Å²) in [6.45, 7) is 0. The van der Waals surface area contributed by atoms with E-state index in [1.165, 1.54) is 12.5 Å². The normalized spacial score (nSPS) is 10.9. The van der Waals surface area contributed by atoms with Gasteiger partial charge in [0.2, 0.25) is 15.9 Å². The van der Waals surface area contributed by atoms with Gasteiger partial charge in [-0.15, -0.1) is 0 Å². The molecule has 0 aromatic heterocycles. The van der Waals surface area contributed by atoms with Gasteiger partial charge in [-0.05, 0) is 12.1 Å². The summed E-state index contributed by atoms with van der Waals surface area (Å²) >= 11 is 0. The molecule has 0 bridgehead atoms. The van der Waals surface area contributed by atoms with Gasteiger partial charge in [0.15, 0.2) is 0 Å². The second-order valence-corrected chi connectivity index (χ2v) is 5.52. The van der Waals surface area contributed by atoms with Crippen molar-refractivity contribution in [3.8, 4) is 0 Å². The zero-order valence-electron chi connectivity index (χ0n) is 9.33. The molecule has 0 radical (unpaired) electrons. The molecule has 6 nitrogen and oxygen atoms in total. The van der Waals surface area contributed by atoms with Gasteiger partial charge in [0.05, 0.1) is 11.4 Å². The summed E-state index contributed by atoms with van der Waals surface area (Å²) in [5.41, 5.74) is 1.92. The molecule has 0 atom stereocenters. The zero-order chi connectivity index (χ0) is 12.9. The first kappa shape index (κ1) is 13.5. The molecule has 0 aliphatic rings. The molecular formula is C10H14N2O4S. The van der Waals surface area contributed by atoms with Crippen LogP contribution < -0.4 is 9.79 Å². The van der Waals surface area contributed by atoms with E-state index in [4.69, 9.17) is 5.21 Å². The second kappa shape index (κ2) is 5.65. The van der Waals surface area contributed by atoms with Crippen LogP contribution in [0.15, 0.2) is 30.3 Å². The third kappa shape index (κ3) is 3.72. The number of para-hydroxylation sites is 1. The molecule has 0 saturated heterocycles. The van der Waals surface area contributed by atoms with Gasteiger partial charge < -0.3 is 0 Å².